The highest BCUT2D eigenvalue weighted by Gasteiger charge is 2.14. The number of aliphatic imine (C=N–C) groups is 1. The third-order valence-electron chi connectivity index (χ3n) is 4.37. The van der Waals surface area contributed by atoms with Crippen molar-refractivity contribution in [2.24, 2.45) is 10.7 Å². The molecule has 2 aromatic rings. The molecule has 1 aromatic heterocycles. The molecule has 25 heavy (non-hydrogen) atoms. The molecule has 0 bridgehead atoms. The van der Waals surface area contributed by atoms with Gasteiger partial charge in [-0.25, -0.2) is 9.98 Å². The van der Waals surface area contributed by atoms with E-state index in [2.05, 4.69) is 22.0 Å². The summed E-state index contributed by atoms with van der Waals surface area (Å²) in [5, 5.41) is 0.972. The van der Waals surface area contributed by atoms with Crippen LogP contribution < -0.4 is 5.73 Å². The van der Waals surface area contributed by atoms with Gasteiger partial charge in [-0.3, -0.25) is 0 Å². The van der Waals surface area contributed by atoms with Crippen molar-refractivity contribution in [2.45, 2.75) is 38.8 Å². The Labute approximate surface area is 153 Å². The van der Waals surface area contributed by atoms with E-state index in [0.717, 1.165) is 28.7 Å². The molecule has 0 saturated carbocycles. The lowest BCUT2D eigenvalue weighted by atomic mass is 10.1. The SMILES string of the molecule is COCc1nc(CN=C(N)N2CCCCCC2)c(-c2ccccc2)s1. The lowest BCUT2D eigenvalue weighted by Crippen LogP contribution is -2.38. The molecule has 6 heteroatoms. The van der Waals surface area contributed by atoms with Crippen molar-refractivity contribution >= 4 is 17.3 Å². The first-order chi connectivity index (χ1) is 12.3. The number of thiazole rings is 1. The summed E-state index contributed by atoms with van der Waals surface area (Å²) < 4.78 is 5.25. The summed E-state index contributed by atoms with van der Waals surface area (Å²) in [6.45, 7) is 3.04. The van der Waals surface area contributed by atoms with Crippen molar-refractivity contribution in [1.29, 1.82) is 0 Å². The number of ether oxygens (including phenoxy) is 1. The third-order valence-corrected chi connectivity index (χ3v) is 5.49. The number of hydrogen-bond acceptors (Lipinski definition) is 4. The molecule has 0 atom stereocenters. The van der Waals surface area contributed by atoms with Gasteiger partial charge in [-0.05, 0) is 18.4 Å². The summed E-state index contributed by atoms with van der Waals surface area (Å²) in [4.78, 5) is 12.7. The maximum atomic E-state index is 6.25. The number of nitrogens with zero attached hydrogens (tertiary/aromatic N) is 3. The fraction of sp³-hybridized carbons (Fsp3) is 0.474. The van der Waals surface area contributed by atoms with E-state index < -0.39 is 0 Å². The Kier molecular flexibility index (Phi) is 6.42. The second kappa shape index (κ2) is 8.97. The summed E-state index contributed by atoms with van der Waals surface area (Å²) in [6, 6.07) is 10.3. The standard InChI is InChI=1S/C19H26N4OS/c1-24-14-17-22-16(18(25-17)15-9-5-4-6-10-15)13-21-19(20)23-11-7-2-3-8-12-23/h4-6,9-10H,2-3,7-8,11-14H2,1H3,(H2,20,21). The number of aromatic nitrogens is 1. The largest absolute Gasteiger partial charge is 0.378 e. The van der Waals surface area contributed by atoms with E-state index in [1.807, 2.05) is 18.2 Å². The van der Waals surface area contributed by atoms with Crippen LogP contribution >= 0.6 is 11.3 Å². The van der Waals surface area contributed by atoms with Gasteiger partial charge < -0.3 is 15.4 Å². The molecule has 1 aliphatic rings. The van der Waals surface area contributed by atoms with Crippen LogP contribution in [0.1, 0.15) is 36.4 Å². The number of hydrogen-bond donors (Lipinski definition) is 1. The van der Waals surface area contributed by atoms with E-state index in [4.69, 9.17) is 15.5 Å². The second-order valence-corrected chi connectivity index (χ2v) is 7.34. The maximum absolute atomic E-state index is 6.25. The molecule has 2 heterocycles. The lowest BCUT2D eigenvalue weighted by Gasteiger charge is -2.21. The number of rotatable bonds is 5. The lowest BCUT2D eigenvalue weighted by molar-refractivity contribution is 0.184. The summed E-state index contributed by atoms with van der Waals surface area (Å²) >= 11 is 1.67. The fourth-order valence-corrected chi connectivity index (χ4v) is 4.11. The molecule has 1 aliphatic heterocycles. The van der Waals surface area contributed by atoms with Gasteiger partial charge in [0.05, 0.1) is 23.7 Å². The molecule has 0 amide bonds. The van der Waals surface area contributed by atoms with Crippen molar-refractivity contribution < 1.29 is 4.74 Å². The van der Waals surface area contributed by atoms with Gasteiger partial charge in [0.25, 0.3) is 0 Å². The summed E-state index contributed by atoms with van der Waals surface area (Å²) in [6.07, 6.45) is 4.96. The molecule has 0 unspecified atom stereocenters. The van der Waals surface area contributed by atoms with Crippen LogP contribution in [0.15, 0.2) is 35.3 Å². The third kappa shape index (κ3) is 4.80. The van der Waals surface area contributed by atoms with Crippen LogP contribution in [-0.4, -0.2) is 36.0 Å². The minimum absolute atomic E-state index is 0.507. The predicted octanol–water partition coefficient (Wildman–Crippen LogP) is 3.65. The molecular weight excluding hydrogens is 332 g/mol. The van der Waals surface area contributed by atoms with E-state index in [0.29, 0.717) is 19.1 Å². The Morgan fingerprint density at radius 2 is 1.92 bits per heavy atom. The number of likely N-dealkylation sites (tertiary alicyclic amines) is 1. The van der Waals surface area contributed by atoms with Gasteiger partial charge in [-0.1, -0.05) is 43.2 Å². The fourth-order valence-electron chi connectivity index (χ4n) is 3.06. The minimum atomic E-state index is 0.507. The second-order valence-electron chi connectivity index (χ2n) is 6.26. The first-order valence-electron chi connectivity index (χ1n) is 8.85. The van der Waals surface area contributed by atoms with Gasteiger partial charge >= 0.3 is 0 Å². The van der Waals surface area contributed by atoms with Crippen LogP contribution in [0.5, 0.6) is 0 Å². The van der Waals surface area contributed by atoms with Crippen molar-refractivity contribution in [2.75, 3.05) is 20.2 Å². The Bertz CT molecular complexity index is 691. The molecule has 0 radical (unpaired) electrons. The number of nitrogens with two attached hydrogens (primary N) is 1. The molecule has 5 nitrogen and oxygen atoms in total. The van der Waals surface area contributed by atoms with Crippen LogP contribution in [0.3, 0.4) is 0 Å². The van der Waals surface area contributed by atoms with E-state index >= 15 is 0 Å². The normalized spacial score (nSPS) is 16.0. The summed E-state index contributed by atoms with van der Waals surface area (Å²) in [7, 11) is 1.69. The Balaban J connectivity index is 1.79. The molecular formula is C19H26N4OS. The van der Waals surface area contributed by atoms with Crippen LogP contribution in [0.2, 0.25) is 0 Å². The van der Waals surface area contributed by atoms with Crippen molar-refractivity contribution in [1.82, 2.24) is 9.88 Å². The van der Waals surface area contributed by atoms with Crippen molar-refractivity contribution in [3.63, 3.8) is 0 Å². The molecule has 2 N–H and O–H groups in total. The monoisotopic (exact) mass is 358 g/mol. The van der Waals surface area contributed by atoms with Gasteiger partial charge in [-0.2, -0.15) is 0 Å². The Morgan fingerprint density at radius 1 is 1.20 bits per heavy atom. The van der Waals surface area contributed by atoms with E-state index in [1.165, 1.54) is 31.2 Å². The van der Waals surface area contributed by atoms with Crippen LogP contribution in [0.25, 0.3) is 10.4 Å². The first kappa shape index (κ1) is 17.9. The molecule has 1 aromatic carbocycles. The molecule has 0 spiro atoms. The summed E-state index contributed by atoms with van der Waals surface area (Å²) in [5.74, 6) is 0.641. The number of methoxy groups -OCH3 is 1. The zero-order chi connectivity index (χ0) is 17.5. The topological polar surface area (TPSA) is 63.7 Å². The maximum Gasteiger partial charge on any atom is 0.191 e. The average Bonchev–Trinajstić information content (AvgIpc) is 2.85. The quantitative estimate of drug-likeness (QED) is 0.654. The van der Waals surface area contributed by atoms with Crippen molar-refractivity contribution in [3.8, 4) is 10.4 Å². The van der Waals surface area contributed by atoms with E-state index in [1.54, 1.807) is 18.4 Å². The van der Waals surface area contributed by atoms with E-state index in [9.17, 15) is 0 Å². The van der Waals surface area contributed by atoms with Crippen LogP contribution in [0.4, 0.5) is 0 Å². The van der Waals surface area contributed by atoms with Gasteiger partial charge in [0.1, 0.15) is 5.01 Å². The smallest absolute Gasteiger partial charge is 0.191 e. The number of guanidine groups is 1. The van der Waals surface area contributed by atoms with Gasteiger partial charge in [0.15, 0.2) is 5.96 Å². The highest BCUT2D eigenvalue weighted by molar-refractivity contribution is 7.15. The van der Waals surface area contributed by atoms with Crippen molar-refractivity contribution in [3.05, 3.63) is 41.0 Å². The highest BCUT2D eigenvalue weighted by atomic mass is 32.1. The predicted molar refractivity (Wildman–Crippen MR) is 104 cm³/mol. The number of benzene rings is 1. The van der Waals surface area contributed by atoms with Gasteiger partial charge in [0.2, 0.25) is 0 Å². The zero-order valence-corrected chi connectivity index (χ0v) is 15.6. The molecule has 1 saturated heterocycles. The zero-order valence-electron chi connectivity index (χ0n) is 14.8. The minimum Gasteiger partial charge on any atom is -0.378 e. The summed E-state index contributed by atoms with van der Waals surface area (Å²) in [5.41, 5.74) is 8.39. The average molecular weight is 359 g/mol. The van der Waals surface area contributed by atoms with Gasteiger partial charge in [-0.15, -0.1) is 11.3 Å². The molecule has 1 fully saturated rings. The van der Waals surface area contributed by atoms with Gasteiger partial charge in [0, 0.05) is 20.2 Å². The van der Waals surface area contributed by atoms with Crippen LogP contribution in [0, 0.1) is 0 Å². The Hall–Kier alpha value is -1.92. The highest BCUT2D eigenvalue weighted by Crippen LogP contribution is 2.31. The van der Waals surface area contributed by atoms with E-state index in [-0.39, 0.29) is 0 Å². The molecule has 0 aliphatic carbocycles. The molecule has 134 valence electrons. The molecule has 3 rings (SSSR count). The first-order valence-corrected chi connectivity index (χ1v) is 9.67. The Morgan fingerprint density at radius 3 is 2.60 bits per heavy atom. The van der Waals surface area contributed by atoms with Crippen LogP contribution in [-0.2, 0) is 17.9 Å².